The Kier molecular flexibility index (Phi) is 3.97. The first-order chi connectivity index (χ1) is 12.4. The van der Waals surface area contributed by atoms with E-state index in [4.69, 9.17) is 5.10 Å². The summed E-state index contributed by atoms with van der Waals surface area (Å²) >= 11 is 0. The number of aromatic amines is 1. The second-order valence-electron chi connectivity index (χ2n) is 7.83. The van der Waals surface area contributed by atoms with Gasteiger partial charge in [-0.05, 0) is 31.0 Å². The second kappa shape index (κ2) is 6.19. The van der Waals surface area contributed by atoms with Crippen molar-refractivity contribution in [3.8, 4) is 0 Å². The minimum atomic E-state index is -0.0322. The fourth-order valence-electron chi connectivity index (χ4n) is 3.35. The van der Waals surface area contributed by atoms with E-state index in [1.807, 2.05) is 21.5 Å². The topological polar surface area (TPSA) is 92.1 Å². The zero-order valence-electron chi connectivity index (χ0n) is 15.3. The van der Waals surface area contributed by atoms with Gasteiger partial charge in [-0.1, -0.05) is 20.8 Å². The number of hydrogen-bond donors (Lipinski definition) is 1. The Morgan fingerprint density at radius 3 is 2.58 bits per heavy atom. The third kappa shape index (κ3) is 2.95. The van der Waals surface area contributed by atoms with Crippen molar-refractivity contribution in [1.29, 1.82) is 0 Å². The summed E-state index contributed by atoms with van der Waals surface area (Å²) < 4.78 is 1.87. The monoisotopic (exact) mass is 353 g/mol. The van der Waals surface area contributed by atoms with Gasteiger partial charge in [-0.25, -0.2) is 0 Å². The zero-order valence-corrected chi connectivity index (χ0v) is 15.3. The molecule has 0 aromatic carbocycles. The number of nitrogens with one attached hydrogen (secondary N) is 1. The first-order valence-electron chi connectivity index (χ1n) is 8.95. The molecule has 26 heavy (non-hydrogen) atoms. The number of H-pyrrole nitrogens is 1. The van der Waals surface area contributed by atoms with Gasteiger partial charge < -0.3 is 4.90 Å². The molecule has 0 saturated carbocycles. The van der Waals surface area contributed by atoms with E-state index in [2.05, 4.69) is 41.2 Å². The van der Waals surface area contributed by atoms with E-state index in [-0.39, 0.29) is 17.2 Å². The van der Waals surface area contributed by atoms with E-state index in [0.29, 0.717) is 18.8 Å². The third-order valence-corrected chi connectivity index (χ3v) is 4.93. The van der Waals surface area contributed by atoms with Crippen molar-refractivity contribution in [2.45, 2.75) is 44.9 Å². The minimum Gasteiger partial charge on any atom is -0.337 e. The lowest BCUT2D eigenvalue weighted by Gasteiger charge is -2.30. The smallest absolute Gasteiger partial charge is 0.271 e. The molecule has 3 aromatic heterocycles. The summed E-state index contributed by atoms with van der Waals surface area (Å²) in [5, 5.41) is 20.0. The van der Waals surface area contributed by atoms with Crippen LogP contribution < -0.4 is 0 Å². The number of fused-ring (bicyclic) bond motifs is 1. The molecule has 0 radical (unpaired) electrons. The Balaban J connectivity index is 1.53. The maximum absolute atomic E-state index is 12.4. The van der Waals surface area contributed by atoms with Gasteiger partial charge in [0.25, 0.3) is 5.91 Å². The van der Waals surface area contributed by atoms with Gasteiger partial charge in [-0.15, -0.1) is 10.2 Å². The molecule has 1 aliphatic heterocycles. The molecule has 136 valence electrons. The zero-order chi connectivity index (χ0) is 18.3. The molecule has 1 fully saturated rings. The van der Waals surface area contributed by atoms with Gasteiger partial charge in [0.1, 0.15) is 5.69 Å². The summed E-state index contributed by atoms with van der Waals surface area (Å²) in [7, 11) is 0. The van der Waals surface area contributed by atoms with Crippen LogP contribution >= 0.6 is 0 Å². The fraction of sp³-hybridized carbons (Fsp3) is 0.500. The molecule has 8 heteroatoms. The Labute approximate surface area is 151 Å². The highest BCUT2D eigenvalue weighted by Crippen LogP contribution is 2.28. The van der Waals surface area contributed by atoms with E-state index in [9.17, 15) is 4.79 Å². The highest BCUT2D eigenvalue weighted by Gasteiger charge is 2.28. The highest BCUT2D eigenvalue weighted by atomic mass is 16.2. The predicted molar refractivity (Wildman–Crippen MR) is 95.9 cm³/mol. The number of amides is 1. The quantitative estimate of drug-likeness (QED) is 0.762. The van der Waals surface area contributed by atoms with Crippen LogP contribution in [0.3, 0.4) is 0 Å². The molecule has 3 aromatic rings. The summed E-state index contributed by atoms with van der Waals surface area (Å²) in [5.74, 6) is 1.14. The van der Waals surface area contributed by atoms with Crippen molar-refractivity contribution < 1.29 is 4.79 Å². The van der Waals surface area contributed by atoms with Gasteiger partial charge in [-0.2, -0.15) is 14.7 Å². The van der Waals surface area contributed by atoms with Crippen molar-refractivity contribution >= 4 is 11.6 Å². The fourth-order valence-corrected chi connectivity index (χ4v) is 3.35. The lowest BCUT2D eigenvalue weighted by Crippen LogP contribution is -2.38. The van der Waals surface area contributed by atoms with Crippen LogP contribution in [0.5, 0.6) is 0 Å². The van der Waals surface area contributed by atoms with Crippen molar-refractivity contribution in [2.75, 3.05) is 13.1 Å². The SMILES string of the molecule is CC(C)(C)c1ccc2nnc(C3CCN(C(=O)c4ccn[nH]4)CC3)n2n1. The van der Waals surface area contributed by atoms with Crippen molar-refractivity contribution in [3.05, 3.63) is 41.6 Å². The number of aromatic nitrogens is 6. The lowest BCUT2D eigenvalue weighted by atomic mass is 9.92. The lowest BCUT2D eigenvalue weighted by molar-refractivity contribution is 0.0704. The predicted octanol–water partition coefficient (Wildman–Crippen LogP) is 2.16. The number of carbonyl (C=O) groups is 1. The van der Waals surface area contributed by atoms with E-state index in [1.54, 1.807) is 12.3 Å². The Morgan fingerprint density at radius 2 is 1.92 bits per heavy atom. The average Bonchev–Trinajstić information content (AvgIpc) is 3.30. The molecule has 0 bridgehead atoms. The molecule has 1 amide bonds. The summed E-state index contributed by atoms with van der Waals surface area (Å²) in [6.07, 6.45) is 3.30. The van der Waals surface area contributed by atoms with Crippen LogP contribution in [0.1, 0.15) is 61.5 Å². The molecule has 1 saturated heterocycles. The van der Waals surface area contributed by atoms with E-state index >= 15 is 0 Å². The Morgan fingerprint density at radius 1 is 1.15 bits per heavy atom. The molecular weight excluding hydrogens is 330 g/mol. The molecule has 1 N–H and O–H groups in total. The van der Waals surface area contributed by atoms with Crippen LogP contribution in [0.25, 0.3) is 5.65 Å². The Hall–Kier alpha value is -2.77. The molecule has 4 rings (SSSR count). The van der Waals surface area contributed by atoms with Crippen LogP contribution in [0.4, 0.5) is 0 Å². The van der Waals surface area contributed by atoms with Gasteiger partial charge in [0.05, 0.1) is 5.69 Å². The van der Waals surface area contributed by atoms with Crippen LogP contribution in [0.2, 0.25) is 0 Å². The van der Waals surface area contributed by atoms with Crippen LogP contribution in [0.15, 0.2) is 24.4 Å². The van der Waals surface area contributed by atoms with Gasteiger partial charge in [0, 0.05) is 30.6 Å². The van der Waals surface area contributed by atoms with Gasteiger partial charge in [-0.3, -0.25) is 9.89 Å². The normalized spacial score (nSPS) is 16.3. The van der Waals surface area contributed by atoms with Crippen LogP contribution in [-0.2, 0) is 5.41 Å². The maximum Gasteiger partial charge on any atom is 0.271 e. The number of rotatable bonds is 2. The molecule has 8 nitrogen and oxygen atoms in total. The summed E-state index contributed by atoms with van der Waals surface area (Å²) in [4.78, 5) is 14.3. The maximum atomic E-state index is 12.4. The summed E-state index contributed by atoms with van der Waals surface area (Å²) in [5.41, 5.74) is 2.28. The summed E-state index contributed by atoms with van der Waals surface area (Å²) in [6.45, 7) is 7.81. The van der Waals surface area contributed by atoms with Gasteiger partial charge in [0.15, 0.2) is 11.5 Å². The van der Waals surface area contributed by atoms with Crippen molar-refractivity contribution in [1.82, 2.24) is 34.9 Å². The number of carbonyl (C=O) groups excluding carboxylic acids is 1. The molecule has 1 aliphatic rings. The van der Waals surface area contributed by atoms with Gasteiger partial charge >= 0.3 is 0 Å². The highest BCUT2D eigenvalue weighted by molar-refractivity contribution is 5.92. The van der Waals surface area contributed by atoms with E-state index in [1.165, 1.54) is 0 Å². The molecule has 0 atom stereocenters. The Bertz CT molecular complexity index is 915. The minimum absolute atomic E-state index is 0.000181. The van der Waals surface area contributed by atoms with Crippen LogP contribution in [-0.4, -0.2) is 53.9 Å². The second-order valence-corrected chi connectivity index (χ2v) is 7.83. The molecule has 0 spiro atoms. The van der Waals surface area contributed by atoms with Crippen molar-refractivity contribution in [2.24, 2.45) is 0 Å². The van der Waals surface area contributed by atoms with Gasteiger partial charge in [0.2, 0.25) is 0 Å². The standard InChI is InChI=1S/C18H23N7O/c1-18(2,3)14-4-5-15-21-22-16(25(15)23-14)12-7-10-24(11-8-12)17(26)13-6-9-19-20-13/h4-6,9,12H,7-8,10-11H2,1-3H3,(H,19,20). The molecular formula is C18H23N7O. The average molecular weight is 353 g/mol. The number of nitrogens with zero attached hydrogens (tertiary/aromatic N) is 6. The molecule has 0 aliphatic carbocycles. The first kappa shape index (κ1) is 16.7. The summed E-state index contributed by atoms with van der Waals surface area (Å²) in [6, 6.07) is 5.69. The first-order valence-corrected chi connectivity index (χ1v) is 8.95. The third-order valence-electron chi connectivity index (χ3n) is 4.93. The molecule has 4 heterocycles. The number of likely N-dealkylation sites (tertiary alicyclic amines) is 1. The van der Waals surface area contributed by atoms with E-state index in [0.717, 1.165) is 30.0 Å². The molecule has 0 unspecified atom stereocenters. The van der Waals surface area contributed by atoms with Crippen LogP contribution in [0, 0.1) is 0 Å². The number of hydrogen-bond acceptors (Lipinski definition) is 5. The number of piperidine rings is 1. The largest absolute Gasteiger partial charge is 0.337 e. The van der Waals surface area contributed by atoms with Crippen molar-refractivity contribution in [3.63, 3.8) is 0 Å². The van der Waals surface area contributed by atoms with E-state index < -0.39 is 0 Å².